The fourth-order valence-electron chi connectivity index (χ4n) is 0.803. The van der Waals surface area contributed by atoms with Gasteiger partial charge in [-0.05, 0) is 6.42 Å². The molecule has 0 heterocycles. The van der Waals surface area contributed by atoms with Crippen molar-refractivity contribution in [1.82, 2.24) is 0 Å². The number of aliphatic hydroxyl groups is 1. The normalized spacial score (nSPS) is 12.8. The van der Waals surface area contributed by atoms with E-state index in [1.165, 1.54) is 0 Å². The van der Waals surface area contributed by atoms with Crippen LogP contribution in [0, 0.1) is 0 Å². The van der Waals surface area contributed by atoms with E-state index in [-0.39, 0.29) is 19.3 Å². The van der Waals surface area contributed by atoms with Crippen molar-refractivity contribution in [2.75, 3.05) is 6.61 Å². The standard InChI is InChI=1S/C5H10N2O3.C4H8N2O3.C3H7NO3/c6-3(5(9)10)1-2-4(7)8;5-2(4(8)9)1-3(6)7;4-2(1-5)3(6)7/h3H,1-2,6H2,(H2,7,8)(H,9,10);2H,1,5H2,(H2,6,7)(H,8,9);2,5H,1,4H2,(H,6,7)/t3-;2*2-/m000/s1. The van der Waals surface area contributed by atoms with E-state index in [2.05, 4.69) is 5.73 Å². The molecule has 0 saturated carbocycles. The Balaban J connectivity index is -0.000000310. The second-order valence-corrected chi connectivity index (χ2v) is 4.69. The van der Waals surface area contributed by atoms with Crippen molar-refractivity contribution < 1.29 is 44.4 Å². The van der Waals surface area contributed by atoms with Gasteiger partial charge in [-0.1, -0.05) is 0 Å². The first-order valence-electron chi connectivity index (χ1n) is 6.88. The molecule has 0 aromatic rings. The number of aliphatic carboxylic acids is 3. The molecule has 0 radical (unpaired) electrons. The molecule has 14 nitrogen and oxygen atoms in total. The van der Waals surface area contributed by atoms with E-state index in [4.69, 9.17) is 43.4 Å². The summed E-state index contributed by atoms with van der Waals surface area (Å²) in [4.78, 5) is 49.7. The Labute approximate surface area is 147 Å². The molecule has 0 aromatic heterocycles. The fourth-order valence-corrected chi connectivity index (χ4v) is 0.803. The highest BCUT2D eigenvalue weighted by atomic mass is 16.4. The molecule has 0 aliphatic heterocycles. The molecule has 0 rings (SSSR count). The van der Waals surface area contributed by atoms with Crippen LogP contribution in [0.3, 0.4) is 0 Å². The molecule has 0 saturated heterocycles. The number of hydrogen-bond acceptors (Lipinski definition) is 9. The quantitative estimate of drug-likeness (QED) is 0.181. The summed E-state index contributed by atoms with van der Waals surface area (Å²) in [6.07, 6.45) is -0.187. The van der Waals surface area contributed by atoms with Crippen LogP contribution < -0.4 is 28.7 Å². The molecule has 0 unspecified atom stereocenters. The lowest BCUT2D eigenvalue weighted by Crippen LogP contribution is -2.34. The van der Waals surface area contributed by atoms with Gasteiger partial charge in [0, 0.05) is 6.42 Å². The molecule has 3 atom stereocenters. The zero-order chi connectivity index (χ0) is 21.4. The van der Waals surface area contributed by atoms with E-state index >= 15 is 0 Å². The minimum atomic E-state index is -1.21. The maximum atomic E-state index is 10.1. The molecule has 2 amide bonds. The average Bonchev–Trinajstić information content (AvgIpc) is 2.51. The predicted octanol–water partition coefficient (Wildman–Crippen LogP) is -4.67. The number of nitrogens with two attached hydrogens (primary N) is 5. The minimum absolute atomic E-state index is 0.0213. The van der Waals surface area contributed by atoms with E-state index in [1.54, 1.807) is 0 Å². The molecule has 14 heteroatoms. The monoisotopic (exact) mass is 383 g/mol. The summed E-state index contributed by atoms with van der Waals surface area (Å²) < 4.78 is 0. The molecular weight excluding hydrogens is 358 g/mol. The number of amides is 2. The summed E-state index contributed by atoms with van der Waals surface area (Å²) in [6.45, 7) is -0.505. The number of carbonyl (C=O) groups is 5. The van der Waals surface area contributed by atoms with Crippen LogP contribution >= 0.6 is 0 Å². The Hall–Kier alpha value is -2.81. The molecule has 152 valence electrons. The molecule has 0 bridgehead atoms. The van der Waals surface area contributed by atoms with Crippen LogP contribution in [0.2, 0.25) is 0 Å². The van der Waals surface area contributed by atoms with Gasteiger partial charge in [-0.3, -0.25) is 24.0 Å². The molecule has 0 spiro atoms. The van der Waals surface area contributed by atoms with E-state index in [1.807, 2.05) is 0 Å². The fraction of sp³-hybridized carbons (Fsp3) is 0.583. The van der Waals surface area contributed by atoms with Crippen molar-refractivity contribution in [3.63, 3.8) is 0 Å². The lowest BCUT2D eigenvalue weighted by atomic mass is 10.2. The van der Waals surface area contributed by atoms with Crippen molar-refractivity contribution >= 4 is 29.7 Å². The third kappa shape index (κ3) is 21.2. The highest BCUT2D eigenvalue weighted by Crippen LogP contribution is 1.92. The summed E-state index contributed by atoms with van der Waals surface area (Å²) in [5, 5.41) is 32.2. The number of carbonyl (C=O) groups excluding carboxylic acids is 2. The molecular formula is C12H25N5O9. The van der Waals surface area contributed by atoms with Crippen molar-refractivity contribution in [2.24, 2.45) is 28.7 Å². The van der Waals surface area contributed by atoms with Gasteiger partial charge in [-0.25, -0.2) is 0 Å². The number of carboxylic acids is 3. The highest BCUT2D eigenvalue weighted by Gasteiger charge is 2.13. The number of carboxylic acid groups (broad SMARTS) is 3. The van der Waals surface area contributed by atoms with Crippen LogP contribution in [0.5, 0.6) is 0 Å². The van der Waals surface area contributed by atoms with Gasteiger partial charge >= 0.3 is 17.9 Å². The van der Waals surface area contributed by atoms with E-state index in [0.29, 0.717) is 0 Å². The molecule has 0 aliphatic rings. The first-order chi connectivity index (χ1) is 11.8. The smallest absolute Gasteiger partial charge is 0.322 e. The van der Waals surface area contributed by atoms with Crippen LogP contribution in [0.25, 0.3) is 0 Å². The Morgan fingerprint density at radius 3 is 1.23 bits per heavy atom. The van der Waals surface area contributed by atoms with Crippen LogP contribution in [-0.4, -0.2) is 74.9 Å². The van der Waals surface area contributed by atoms with Crippen LogP contribution in [-0.2, 0) is 24.0 Å². The van der Waals surface area contributed by atoms with Crippen molar-refractivity contribution in [3.05, 3.63) is 0 Å². The van der Waals surface area contributed by atoms with Gasteiger partial charge in [-0.2, -0.15) is 0 Å². The number of hydrogen-bond donors (Lipinski definition) is 9. The third-order valence-corrected chi connectivity index (χ3v) is 2.27. The number of rotatable bonds is 9. The summed E-state index contributed by atoms with van der Waals surface area (Å²) in [6, 6.07) is -3.27. The van der Waals surface area contributed by atoms with Crippen molar-refractivity contribution in [3.8, 4) is 0 Å². The molecule has 26 heavy (non-hydrogen) atoms. The Bertz CT molecular complexity index is 486. The van der Waals surface area contributed by atoms with Crippen LogP contribution in [0.4, 0.5) is 0 Å². The van der Waals surface area contributed by atoms with Crippen molar-refractivity contribution in [1.29, 1.82) is 0 Å². The van der Waals surface area contributed by atoms with Gasteiger partial charge in [0.25, 0.3) is 0 Å². The average molecular weight is 383 g/mol. The van der Waals surface area contributed by atoms with Gasteiger partial charge in [0.1, 0.15) is 18.1 Å². The Morgan fingerprint density at radius 1 is 0.692 bits per heavy atom. The predicted molar refractivity (Wildman–Crippen MR) is 86.2 cm³/mol. The zero-order valence-electron chi connectivity index (χ0n) is 13.8. The van der Waals surface area contributed by atoms with Crippen LogP contribution in [0.15, 0.2) is 0 Å². The molecule has 0 fully saturated rings. The van der Waals surface area contributed by atoms with Gasteiger partial charge < -0.3 is 49.1 Å². The first-order valence-corrected chi connectivity index (χ1v) is 6.88. The number of aliphatic hydroxyl groups excluding tert-OH is 1. The lowest BCUT2D eigenvalue weighted by Gasteiger charge is -2.01. The minimum Gasteiger partial charge on any atom is -0.480 e. The molecule has 0 aliphatic carbocycles. The molecule has 14 N–H and O–H groups in total. The van der Waals surface area contributed by atoms with E-state index in [9.17, 15) is 24.0 Å². The number of primary amides is 2. The molecule has 0 aromatic carbocycles. The summed E-state index contributed by atoms with van der Waals surface area (Å²) in [5.74, 6) is -4.74. The Morgan fingerprint density at radius 2 is 1.08 bits per heavy atom. The van der Waals surface area contributed by atoms with Crippen LogP contribution in [0.1, 0.15) is 19.3 Å². The second kappa shape index (κ2) is 15.7. The first kappa shape index (κ1) is 28.0. The summed E-state index contributed by atoms with van der Waals surface area (Å²) in [5.41, 5.74) is 24.1. The lowest BCUT2D eigenvalue weighted by molar-refractivity contribution is -0.140. The second-order valence-electron chi connectivity index (χ2n) is 4.69. The van der Waals surface area contributed by atoms with E-state index < -0.39 is 54.5 Å². The SMILES string of the molecule is NC(=O)CC[C@H](N)C(=O)O.NC(=O)C[C@H](N)C(=O)O.N[C@@H](CO)C(=O)O. The van der Waals surface area contributed by atoms with Gasteiger partial charge in [0.05, 0.1) is 13.0 Å². The van der Waals surface area contributed by atoms with Crippen molar-refractivity contribution in [2.45, 2.75) is 37.4 Å². The summed E-state index contributed by atoms with van der Waals surface area (Å²) in [7, 11) is 0. The van der Waals surface area contributed by atoms with Gasteiger partial charge in [-0.15, -0.1) is 0 Å². The topological polar surface area (TPSA) is 296 Å². The van der Waals surface area contributed by atoms with E-state index in [0.717, 1.165) is 0 Å². The van der Waals surface area contributed by atoms with Gasteiger partial charge in [0.2, 0.25) is 11.8 Å². The maximum Gasteiger partial charge on any atom is 0.322 e. The zero-order valence-corrected chi connectivity index (χ0v) is 13.8. The third-order valence-electron chi connectivity index (χ3n) is 2.27. The Kier molecular flexibility index (Phi) is 16.9. The highest BCUT2D eigenvalue weighted by molar-refractivity contribution is 5.83. The largest absolute Gasteiger partial charge is 0.480 e. The maximum absolute atomic E-state index is 10.1. The van der Waals surface area contributed by atoms with Gasteiger partial charge in [0.15, 0.2) is 0 Å². The summed E-state index contributed by atoms with van der Waals surface area (Å²) >= 11 is 0.